The van der Waals surface area contributed by atoms with Crippen LogP contribution < -0.4 is 4.80 Å². The van der Waals surface area contributed by atoms with Crippen LogP contribution in [0.25, 0.3) is 10.2 Å². The Balaban J connectivity index is 2.18. The van der Waals surface area contributed by atoms with Crippen molar-refractivity contribution in [2.75, 3.05) is 0 Å². The Hall–Kier alpha value is -1.62. The van der Waals surface area contributed by atoms with Gasteiger partial charge in [0.25, 0.3) is 5.91 Å². The summed E-state index contributed by atoms with van der Waals surface area (Å²) in [4.78, 5) is 17.2. The fourth-order valence-corrected chi connectivity index (χ4v) is 4.09. The molecule has 1 heterocycles. The van der Waals surface area contributed by atoms with Gasteiger partial charge in [0.2, 0.25) is 0 Å². The number of hydrogen-bond acceptors (Lipinski definition) is 2. The fraction of sp³-hybridized carbons (Fsp3) is 0.125. The Morgan fingerprint density at radius 2 is 1.95 bits per heavy atom. The van der Waals surface area contributed by atoms with Crippen LogP contribution in [0.1, 0.15) is 15.9 Å². The first-order valence-corrected chi connectivity index (χ1v) is 8.14. The van der Waals surface area contributed by atoms with E-state index in [1.165, 1.54) is 11.3 Å². The summed E-state index contributed by atoms with van der Waals surface area (Å²) < 4.78 is 2.71. The number of rotatable bonds is 1. The van der Waals surface area contributed by atoms with Gasteiger partial charge in [-0.2, -0.15) is 4.99 Å². The van der Waals surface area contributed by atoms with Crippen molar-refractivity contribution < 1.29 is 4.79 Å². The number of aromatic nitrogens is 1. The second kappa shape index (κ2) is 5.88. The van der Waals surface area contributed by atoms with E-state index in [9.17, 15) is 4.79 Å². The summed E-state index contributed by atoms with van der Waals surface area (Å²) in [6.07, 6.45) is 0. The van der Waals surface area contributed by atoms with Crippen LogP contribution in [-0.2, 0) is 7.05 Å². The van der Waals surface area contributed by atoms with Crippen molar-refractivity contribution in [3.63, 3.8) is 0 Å². The van der Waals surface area contributed by atoms with E-state index in [4.69, 9.17) is 23.2 Å². The van der Waals surface area contributed by atoms with Crippen LogP contribution in [0, 0.1) is 6.92 Å². The second-order valence-corrected chi connectivity index (χ2v) is 6.76. The van der Waals surface area contributed by atoms with Crippen molar-refractivity contribution in [1.29, 1.82) is 0 Å². The van der Waals surface area contributed by atoms with Gasteiger partial charge >= 0.3 is 0 Å². The molecular weight excluding hydrogens is 339 g/mol. The van der Waals surface area contributed by atoms with Crippen molar-refractivity contribution in [2.45, 2.75) is 6.92 Å². The number of benzene rings is 2. The minimum atomic E-state index is -0.262. The number of aryl methyl sites for hydroxylation is 2. The van der Waals surface area contributed by atoms with Crippen molar-refractivity contribution in [3.8, 4) is 0 Å². The highest BCUT2D eigenvalue weighted by atomic mass is 35.5. The molecule has 112 valence electrons. The summed E-state index contributed by atoms with van der Waals surface area (Å²) in [5.41, 5.74) is 2.33. The zero-order chi connectivity index (χ0) is 15.9. The highest BCUT2D eigenvalue weighted by molar-refractivity contribution is 7.16. The molecule has 0 aliphatic rings. The van der Waals surface area contributed by atoms with Gasteiger partial charge in [0.05, 0.1) is 15.2 Å². The lowest BCUT2D eigenvalue weighted by Crippen LogP contribution is -2.13. The van der Waals surface area contributed by atoms with E-state index in [0.717, 1.165) is 15.8 Å². The molecule has 0 bridgehead atoms. The largest absolute Gasteiger partial charge is 0.318 e. The average molecular weight is 351 g/mol. The number of amides is 1. The molecule has 0 saturated heterocycles. The summed E-state index contributed by atoms with van der Waals surface area (Å²) >= 11 is 13.6. The first-order chi connectivity index (χ1) is 10.5. The number of halogens is 2. The van der Waals surface area contributed by atoms with Gasteiger partial charge in [-0.3, -0.25) is 4.79 Å². The number of thiazole rings is 1. The van der Waals surface area contributed by atoms with E-state index < -0.39 is 0 Å². The summed E-state index contributed by atoms with van der Waals surface area (Å²) in [6.45, 7) is 1.89. The van der Waals surface area contributed by atoms with E-state index in [1.54, 1.807) is 12.1 Å². The maximum Gasteiger partial charge on any atom is 0.279 e. The van der Waals surface area contributed by atoms with Gasteiger partial charge in [-0.1, -0.05) is 52.7 Å². The maximum absolute atomic E-state index is 12.4. The highest BCUT2D eigenvalue weighted by Crippen LogP contribution is 2.29. The molecule has 3 nitrogen and oxygen atoms in total. The minimum absolute atomic E-state index is 0.262. The maximum atomic E-state index is 12.4. The van der Waals surface area contributed by atoms with E-state index in [2.05, 4.69) is 4.99 Å². The lowest BCUT2D eigenvalue weighted by Gasteiger charge is -2.00. The van der Waals surface area contributed by atoms with Gasteiger partial charge in [0.1, 0.15) is 0 Å². The molecule has 0 radical (unpaired) electrons. The second-order valence-electron chi connectivity index (χ2n) is 4.91. The first-order valence-electron chi connectivity index (χ1n) is 6.56. The predicted octanol–water partition coefficient (Wildman–Crippen LogP) is 4.60. The molecule has 0 unspecified atom stereocenters. The zero-order valence-electron chi connectivity index (χ0n) is 11.9. The van der Waals surface area contributed by atoms with Crippen molar-refractivity contribution in [1.82, 2.24) is 4.57 Å². The third-order valence-electron chi connectivity index (χ3n) is 3.39. The zero-order valence-corrected chi connectivity index (χ0v) is 14.3. The van der Waals surface area contributed by atoms with Crippen LogP contribution in [0.2, 0.25) is 10.0 Å². The number of carbonyl (C=O) groups is 1. The first kappa shape index (κ1) is 15.3. The molecule has 22 heavy (non-hydrogen) atoms. The van der Waals surface area contributed by atoms with Crippen molar-refractivity contribution in [3.05, 3.63) is 62.4 Å². The standard InChI is InChI=1S/C16H12Cl2N2OS/c1-9-5-3-4-6-11(9)15(21)19-16-20(2)14-12(18)7-10(17)8-13(14)22-16/h3-8H,1-2H3. The SMILES string of the molecule is Cc1ccccc1C(=O)N=c1sc2cc(Cl)cc(Cl)c2n1C. The number of fused-ring (bicyclic) bond motifs is 1. The van der Waals surface area contributed by atoms with Gasteiger partial charge in [-0.25, -0.2) is 0 Å². The molecule has 0 N–H and O–H groups in total. The summed E-state index contributed by atoms with van der Waals surface area (Å²) in [6, 6.07) is 10.9. The molecule has 6 heteroatoms. The van der Waals surface area contributed by atoms with E-state index in [0.29, 0.717) is 20.4 Å². The smallest absolute Gasteiger partial charge is 0.279 e. The van der Waals surface area contributed by atoms with E-state index in [1.807, 2.05) is 42.8 Å². The van der Waals surface area contributed by atoms with Crippen LogP contribution in [-0.4, -0.2) is 10.5 Å². The van der Waals surface area contributed by atoms with Gasteiger partial charge in [-0.05, 0) is 30.7 Å². The fourth-order valence-electron chi connectivity index (χ4n) is 2.27. The van der Waals surface area contributed by atoms with Crippen LogP contribution in [0.5, 0.6) is 0 Å². The summed E-state index contributed by atoms with van der Waals surface area (Å²) in [5, 5.41) is 1.11. The molecule has 0 saturated carbocycles. The third-order valence-corrected chi connectivity index (χ3v) is 4.97. The van der Waals surface area contributed by atoms with Crippen LogP contribution in [0.3, 0.4) is 0 Å². The molecule has 3 rings (SSSR count). The lowest BCUT2D eigenvalue weighted by atomic mass is 10.1. The van der Waals surface area contributed by atoms with Crippen molar-refractivity contribution >= 4 is 50.7 Å². The number of hydrogen-bond donors (Lipinski definition) is 0. The quantitative estimate of drug-likeness (QED) is 0.631. The third kappa shape index (κ3) is 2.70. The molecular formula is C16H12Cl2N2OS. The monoisotopic (exact) mass is 350 g/mol. The summed E-state index contributed by atoms with van der Waals surface area (Å²) in [7, 11) is 1.84. The normalized spacial score (nSPS) is 12.1. The van der Waals surface area contributed by atoms with Crippen LogP contribution >= 0.6 is 34.5 Å². The lowest BCUT2D eigenvalue weighted by molar-refractivity contribution is 0.0997. The summed E-state index contributed by atoms with van der Waals surface area (Å²) in [5.74, 6) is -0.262. The molecule has 3 aromatic rings. The van der Waals surface area contributed by atoms with Crippen molar-refractivity contribution in [2.24, 2.45) is 12.0 Å². The van der Waals surface area contributed by atoms with Crippen LogP contribution in [0.4, 0.5) is 0 Å². The Kier molecular flexibility index (Phi) is 4.08. The Morgan fingerprint density at radius 1 is 1.23 bits per heavy atom. The Labute approximate surface area is 141 Å². The van der Waals surface area contributed by atoms with Gasteiger partial charge in [0.15, 0.2) is 4.80 Å². The Morgan fingerprint density at radius 3 is 2.68 bits per heavy atom. The van der Waals surface area contributed by atoms with E-state index >= 15 is 0 Å². The predicted molar refractivity (Wildman–Crippen MR) is 91.9 cm³/mol. The highest BCUT2D eigenvalue weighted by Gasteiger charge is 2.11. The molecule has 0 spiro atoms. The van der Waals surface area contributed by atoms with Gasteiger partial charge in [0, 0.05) is 17.6 Å². The Bertz CT molecular complexity index is 956. The molecule has 0 aliphatic carbocycles. The molecule has 0 aliphatic heterocycles. The van der Waals surface area contributed by atoms with Gasteiger partial charge < -0.3 is 4.57 Å². The topological polar surface area (TPSA) is 34.4 Å². The molecule has 1 aromatic heterocycles. The minimum Gasteiger partial charge on any atom is -0.318 e. The number of carbonyl (C=O) groups excluding carboxylic acids is 1. The van der Waals surface area contributed by atoms with E-state index in [-0.39, 0.29) is 5.91 Å². The molecule has 1 amide bonds. The average Bonchev–Trinajstić information content (AvgIpc) is 2.75. The molecule has 2 aromatic carbocycles. The molecule has 0 atom stereocenters. The number of nitrogens with zero attached hydrogens (tertiary/aromatic N) is 2. The van der Waals surface area contributed by atoms with Gasteiger partial charge in [-0.15, -0.1) is 0 Å². The molecule has 0 fully saturated rings. The van der Waals surface area contributed by atoms with Crippen LogP contribution in [0.15, 0.2) is 41.4 Å².